The summed E-state index contributed by atoms with van der Waals surface area (Å²) in [6.07, 6.45) is -2.35. The normalized spacial score (nSPS) is 24.6. The van der Waals surface area contributed by atoms with Crippen LogP contribution in [-0.2, 0) is 4.74 Å². The van der Waals surface area contributed by atoms with Gasteiger partial charge in [-0.1, -0.05) is 12.2 Å². The van der Waals surface area contributed by atoms with Gasteiger partial charge >= 0.3 is 6.18 Å². The van der Waals surface area contributed by atoms with Gasteiger partial charge in [-0.2, -0.15) is 13.2 Å². The van der Waals surface area contributed by atoms with Crippen LogP contribution >= 0.6 is 0 Å². The van der Waals surface area contributed by atoms with Gasteiger partial charge in [0.1, 0.15) is 12.2 Å². The quantitative estimate of drug-likeness (QED) is 0.795. The molecule has 0 amide bonds. The first kappa shape index (κ1) is 11.3. The third kappa shape index (κ3) is 1.45. The van der Waals surface area contributed by atoms with E-state index in [2.05, 4.69) is 4.84 Å². The van der Waals surface area contributed by atoms with Crippen molar-refractivity contribution in [1.29, 1.82) is 0 Å². The van der Waals surface area contributed by atoms with Gasteiger partial charge in [0.15, 0.2) is 0 Å². The van der Waals surface area contributed by atoms with E-state index in [9.17, 15) is 23.4 Å². The Labute approximate surface area is 98.6 Å². The average molecular weight is 263 g/mol. The highest BCUT2D eigenvalue weighted by atomic mass is 19.4. The minimum atomic E-state index is -4.55. The lowest BCUT2D eigenvalue weighted by molar-refractivity contribution is -0.176. The third-order valence-electron chi connectivity index (χ3n) is 2.84. The second kappa shape index (κ2) is 3.35. The summed E-state index contributed by atoms with van der Waals surface area (Å²) in [5.74, 6) is -1.13. The topological polar surface area (TPSA) is 63.9 Å². The number of rotatable bonds is 2. The fraction of sp³-hybridized carbons (Fsp3) is 0.400. The highest BCUT2D eigenvalue weighted by Crippen LogP contribution is 2.54. The molecule has 0 spiro atoms. The van der Waals surface area contributed by atoms with E-state index >= 15 is 0 Å². The molecule has 2 bridgehead atoms. The number of alkyl halides is 3. The van der Waals surface area contributed by atoms with Crippen molar-refractivity contribution < 1.29 is 33.0 Å². The molecule has 2 aliphatic rings. The maximum absolute atomic E-state index is 12.0. The second-order valence-corrected chi connectivity index (χ2v) is 4.02. The summed E-state index contributed by atoms with van der Waals surface area (Å²) in [5.41, 5.74) is 0.504. The lowest BCUT2D eigenvalue weighted by Gasteiger charge is -2.12. The van der Waals surface area contributed by atoms with Gasteiger partial charge in [0, 0.05) is 0 Å². The molecular formula is C10H8F3NO4. The summed E-state index contributed by atoms with van der Waals surface area (Å²) in [6, 6.07) is 0. The molecule has 0 radical (unpaired) electrons. The Bertz CT molecular complexity index is 499. The summed E-state index contributed by atoms with van der Waals surface area (Å²) in [6.45, 7) is -1.61. The number of hydrogen-bond acceptors (Lipinski definition) is 4. The number of fused-ring (bicyclic) bond motifs is 5. The van der Waals surface area contributed by atoms with Crippen LogP contribution in [0.4, 0.5) is 13.2 Å². The zero-order chi connectivity index (χ0) is 13.1. The van der Waals surface area contributed by atoms with Gasteiger partial charge in [-0.15, -0.1) is 4.73 Å². The van der Waals surface area contributed by atoms with E-state index in [-0.39, 0.29) is 11.1 Å². The molecule has 0 fully saturated rings. The van der Waals surface area contributed by atoms with Crippen molar-refractivity contribution in [3.05, 3.63) is 23.3 Å². The smallest absolute Gasteiger partial charge is 0.425 e. The Kier molecular flexibility index (Phi) is 2.10. The number of ether oxygens (including phenoxy) is 1. The van der Waals surface area contributed by atoms with Crippen LogP contribution in [0.2, 0.25) is 0 Å². The number of nitrogens with zero attached hydrogens (tertiary/aromatic N) is 1. The molecule has 8 heteroatoms. The van der Waals surface area contributed by atoms with Crippen LogP contribution in [0.3, 0.4) is 0 Å². The largest absolute Gasteiger partial charge is 0.492 e. The van der Waals surface area contributed by atoms with Crippen molar-refractivity contribution in [2.24, 2.45) is 0 Å². The molecule has 0 saturated carbocycles. The van der Waals surface area contributed by atoms with Gasteiger partial charge in [0.05, 0.1) is 11.1 Å². The van der Waals surface area contributed by atoms with Crippen LogP contribution in [0, 0.1) is 0 Å². The first-order chi connectivity index (χ1) is 8.38. The van der Waals surface area contributed by atoms with Gasteiger partial charge in [-0.05, 0) is 0 Å². The zero-order valence-corrected chi connectivity index (χ0v) is 8.81. The molecule has 98 valence electrons. The summed E-state index contributed by atoms with van der Waals surface area (Å²) < 4.78 is 41.8. The predicted octanol–water partition coefficient (Wildman–Crippen LogP) is 1.57. The summed E-state index contributed by atoms with van der Waals surface area (Å²) in [4.78, 5) is 4.36. The average Bonchev–Trinajstić information content (AvgIpc) is 2.90. The number of hydrogen-bond donors (Lipinski definition) is 2. The maximum Gasteiger partial charge on any atom is 0.425 e. The monoisotopic (exact) mass is 263 g/mol. The molecule has 2 atom stereocenters. The molecule has 0 aromatic carbocycles. The minimum absolute atomic E-state index is 0.252. The van der Waals surface area contributed by atoms with E-state index in [4.69, 9.17) is 4.74 Å². The van der Waals surface area contributed by atoms with Crippen LogP contribution in [0.25, 0.3) is 0 Å². The highest BCUT2D eigenvalue weighted by molar-refractivity contribution is 5.54. The van der Waals surface area contributed by atoms with Gasteiger partial charge < -0.3 is 19.8 Å². The van der Waals surface area contributed by atoms with Gasteiger partial charge in [0.25, 0.3) is 0 Å². The highest BCUT2D eigenvalue weighted by Gasteiger charge is 2.43. The third-order valence-corrected chi connectivity index (χ3v) is 2.84. The summed E-state index contributed by atoms with van der Waals surface area (Å²) in [7, 11) is 0. The summed E-state index contributed by atoms with van der Waals surface area (Å²) in [5, 5.41) is 19.5. The first-order valence-electron chi connectivity index (χ1n) is 5.08. The zero-order valence-electron chi connectivity index (χ0n) is 8.81. The van der Waals surface area contributed by atoms with E-state index in [1.165, 1.54) is 0 Å². The Morgan fingerprint density at radius 3 is 2.11 bits per heavy atom. The lowest BCUT2D eigenvalue weighted by atomic mass is 10.0. The molecule has 2 N–H and O–H groups in total. The van der Waals surface area contributed by atoms with Crippen molar-refractivity contribution in [3.63, 3.8) is 0 Å². The molecule has 1 aromatic rings. The number of aromatic nitrogens is 1. The minimum Gasteiger partial charge on any atom is -0.492 e. The molecule has 2 unspecified atom stereocenters. The Balaban J connectivity index is 1.94. The molecule has 0 aliphatic carbocycles. The molecular weight excluding hydrogens is 255 g/mol. The van der Waals surface area contributed by atoms with Crippen LogP contribution in [-0.4, -0.2) is 27.7 Å². The standard InChI is InChI=1S/C10H8F3NO4/c11-10(12,13)3-17-14-8(15)6-4-1-2-5(18-4)7(6)9(14)16/h1-2,4-5,15-16H,3H2. The van der Waals surface area contributed by atoms with Crippen molar-refractivity contribution in [3.8, 4) is 11.8 Å². The Morgan fingerprint density at radius 2 is 1.67 bits per heavy atom. The van der Waals surface area contributed by atoms with Crippen molar-refractivity contribution in [2.45, 2.75) is 18.4 Å². The maximum atomic E-state index is 12.0. The fourth-order valence-electron chi connectivity index (χ4n) is 2.16. The second-order valence-electron chi connectivity index (χ2n) is 4.02. The Morgan fingerprint density at radius 1 is 1.17 bits per heavy atom. The predicted molar refractivity (Wildman–Crippen MR) is 51.0 cm³/mol. The number of aromatic hydroxyl groups is 2. The molecule has 0 saturated heterocycles. The van der Waals surface area contributed by atoms with E-state index < -0.39 is 36.8 Å². The SMILES string of the molecule is Oc1c2c(c(O)n1OCC(F)(F)F)C1C=CC2O1. The first-order valence-corrected chi connectivity index (χ1v) is 5.08. The molecule has 2 aliphatic heterocycles. The molecule has 3 heterocycles. The molecule has 5 nitrogen and oxygen atoms in total. The molecule has 3 rings (SSSR count). The van der Waals surface area contributed by atoms with Crippen molar-refractivity contribution >= 4 is 0 Å². The summed E-state index contributed by atoms with van der Waals surface area (Å²) >= 11 is 0. The molecule has 18 heavy (non-hydrogen) atoms. The van der Waals surface area contributed by atoms with Gasteiger partial charge in [-0.3, -0.25) is 0 Å². The lowest BCUT2D eigenvalue weighted by Crippen LogP contribution is -2.25. The van der Waals surface area contributed by atoms with E-state index in [1.54, 1.807) is 12.2 Å². The van der Waals surface area contributed by atoms with Crippen LogP contribution in [0.15, 0.2) is 12.2 Å². The number of halogens is 3. The van der Waals surface area contributed by atoms with Crippen molar-refractivity contribution in [1.82, 2.24) is 4.73 Å². The van der Waals surface area contributed by atoms with Crippen LogP contribution < -0.4 is 4.84 Å². The van der Waals surface area contributed by atoms with Gasteiger partial charge in [0.2, 0.25) is 18.4 Å². The Hall–Kier alpha value is -1.83. The van der Waals surface area contributed by atoms with Crippen LogP contribution in [0.5, 0.6) is 11.8 Å². The van der Waals surface area contributed by atoms with E-state index in [0.717, 1.165) is 0 Å². The van der Waals surface area contributed by atoms with E-state index in [0.29, 0.717) is 4.73 Å². The van der Waals surface area contributed by atoms with Gasteiger partial charge in [-0.25, -0.2) is 0 Å². The fourth-order valence-corrected chi connectivity index (χ4v) is 2.16. The molecule has 1 aromatic heterocycles. The van der Waals surface area contributed by atoms with E-state index in [1.807, 2.05) is 0 Å². The van der Waals surface area contributed by atoms with Crippen molar-refractivity contribution in [2.75, 3.05) is 6.61 Å². The van der Waals surface area contributed by atoms with Crippen LogP contribution in [0.1, 0.15) is 23.3 Å².